The lowest BCUT2D eigenvalue weighted by molar-refractivity contribution is 0.0956. The molecule has 1 aliphatic carbocycles. The number of hydrogen-bond acceptors (Lipinski definition) is 3. The van der Waals surface area contributed by atoms with E-state index in [0.29, 0.717) is 17.8 Å². The van der Waals surface area contributed by atoms with E-state index in [-0.39, 0.29) is 5.91 Å². The first-order valence-electron chi connectivity index (χ1n) is 8.12. The topological polar surface area (TPSA) is 67.2 Å². The van der Waals surface area contributed by atoms with Gasteiger partial charge in [0.15, 0.2) is 0 Å². The third kappa shape index (κ3) is 4.66. The van der Waals surface area contributed by atoms with Crippen LogP contribution in [-0.4, -0.2) is 19.0 Å². The van der Waals surface area contributed by atoms with Gasteiger partial charge in [-0.3, -0.25) is 4.79 Å². The molecule has 1 aromatic rings. The fourth-order valence-corrected chi connectivity index (χ4v) is 3.05. The molecule has 4 heteroatoms. The molecule has 0 unspecified atom stereocenters. The zero-order chi connectivity index (χ0) is 15.1. The minimum atomic E-state index is -0.0438. The summed E-state index contributed by atoms with van der Waals surface area (Å²) in [5, 5.41) is 6.24. The van der Waals surface area contributed by atoms with Gasteiger partial charge in [-0.2, -0.15) is 0 Å². The van der Waals surface area contributed by atoms with Gasteiger partial charge in [0.25, 0.3) is 5.91 Å². The van der Waals surface area contributed by atoms with Crippen LogP contribution in [0.25, 0.3) is 0 Å². The lowest BCUT2D eigenvalue weighted by atomic mass is 9.87. The van der Waals surface area contributed by atoms with Gasteiger partial charge in [-0.25, -0.2) is 0 Å². The zero-order valence-electron chi connectivity index (χ0n) is 13.0. The van der Waals surface area contributed by atoms with Crippen molar-refractivity contribution < 1.29 is 4.79 Å². The van der Waals surface area contributed by atoms with Crippen LogP contribution in [-0.2, 0) is 0 Å². The second-order valence-corrected chi connectivity index (χ2v) is 5.88. The summed E-state index contributed by atoms with van der Waals surface area (Å²) >= 11 is 0. The number of anilines is 2. The smallest absolute Gasteiger partial charge is 0.253 e. The lowest BCUT2D eigenvalue weighted by Crippen LogP contribution is -2.24. The molecular formula is C17H27N3O. The van der Waals surface area contributed by atoms with E-state index in [1.165, 1.54) is 38.5 Å². The number of hydrogen-bond donors (Lipinski definition) is 3. The van der Waals surface area contributed by atoms with Crippen molar-refractivity contribution in [3.63, 3.8) is 0 Å². The predicted octanol–water partition coefficient (Wildman–Crippen LogP) is 3.40. The molecule has 116 valence electrons. The third-order valence-corrected chi connectivity index (χ3v) is 4.22. The lowest BCUT2D eigenvalue weighted by Gasteiger charge is -2.22. The molecule has 4 nitrogen and oxygen atoms in total. The van der Waals surface area contributed by atoms with E-state index in [1.54, 1.807) is 12.1 Å². The number of benzene rings is 1. The molecule has 21 heavy (non-hydrogen) atoms. The summed E-state index contributed by atoms with van der Waals surface area (Å²) in [6.45, 7) is 3.45. The highest BCUT2D eigenvalue weighted by Crippen LogP contribution is 2.26. The average molecular weight is 289 g/mol. The Morgan fingerprint density at radius 3 is 2.76 bits per heavy atom. The Bertz CT molecular complexity index is 467. The molecule has 0 radical (unpaired) electrons. The first-order valence-corrected chi connectivity index (χ1v) is 8.12. The molecule has 1 saturated carbocycles. The number of carbonyl (C=O) groups excluding carboxylic acids is 1. The number of nitrogen functional groups attached to an aromatic ring is 1. The summed E-state index contributed by atoms with van der Waals surface area (Å²) in [7, 11) is 0. The van der Waals surface area contributed by atoms with Gasteiger partial charge >= 0.3 is 0 Å². The summed E-state index contributed by atoms with van der Waals surface area (Å²) in [5.74, 6) is 0.790. The van der Waals surface area contributed by atoms with E-state index in [9.17, 15) is 4.79 Å². The maximum Gasteiger partial charge on any atom is 0.253 e. The molecule has 0 bridgehead atoms. The van der Waals surface area contributed by atoms with Crippen molar-refractivity contribution >= 4 is 17.3 Å². The molecular weight excluding hydrogens is 262 g/mol. The van der Waals surface area contributed by atoms with Crippen molar-refractivity contribution in [2.45, 2.75) is 45.4 Å². The van der Waals surface area contributed by atoms with Crippen molar-refractivity contribution in [3.05, 3.63) is 23.8 Å². The maximum atomic E-state index is 12.0. The monoisotopic (exact) mass is 289 g/mol. The minimum absolute atomic E-state index is 0.0438. The first-order chi connectivity index (χ1) is 10.2. The van der Waals surface area contributed by atoms with Gasteiger partial charge in [0, 0.05) is 24.5 Å². The van der Waals surface area contributed by atoms with Gasteiger partial charge in [0.2, 0.25) is 0 Å². The summed E-state index contributed by atoms with van der Waals surface area (Å²) in [6, 6.07) is 5.42. The molecule has 1 aliphatic rings. The Morgan fingerprint density at radius 2 is 2.05 bits per heavy atom. The molecule has 0 atom stereocenters. The molecule has 0 spiro atoms. The molecule has 0 aromatic heterocycles. The maximum absolute atomic E-state index is 12.0. The van der Waals surface area contributed by atoms with Crippen LogP contribution in [0.5, 0.6) is 0 Å². The van der Waals surface area contributed by atoms with Crippen LogP contribution in [0.15, 0.2) is 18.2 Å². The highest BCUT2D eigenvalue weighted by molar-refractivity contribution is 6.00. The van der Waals surface area contributed by atoms with E-state index >= 15 is 0 Å². The van der Waals surface area contributed by atoms with Gasteiger partial charge in [-0.1, -0.05) is 32.1 Å². The summed E-state index contributed by atoms with van der Waals surface area (Å²) in [4.78, 5) is 12.0. The number of carbonyl (C=O) groups is 1. The quantitative estimate of drug-likeness (QED) is 0.703. The molecule has 1 fully saturated rings. The van der Waals surface area contributed by atoms with Gasteiger partial charge in [-0.15, -0.1) is 0 Å². The van der Waals surface area contributed by atoms with Gasteiger partial charge in [0.05, 0.1) is 5.56 Å². The fourth-order valence-electron chi connectivity index (χ4n) is 3.05. The van der Waals surface area contributed by atoms with Crippen LogP contribution in [0.4, 0.5) is 11.4 Å². The van der Waals surface area contributed by atoms with Crippen LogP contribution >= 0.6 is 0 Å². The molecule has 0 aliphatic heterocycles. The largest absolute Gasteiger partial charge is 0.399 e. The molecule has 0 heterocycles. The normalized spacial score (nSPS) is 15.7. The highest BCUT2D eigenvalue weighted by atomic mass is 16.1. The summed E-state index contributed by atoms with van der Waals surface area (Å²) < 4.78 is 0. The second kappa shape index (κ2) is 7.91. The van der Waals surface area contributed by atoms with E-state index in [2.05, 4.69) is 10.6 Å². The molecule has 1 aromatic carbocycles. The van der Waals surface area contributed by atoms with Crippen molar-refractivity contribution in [2.24, 2.45) is 5.92 Å². The van der Waals surface area contributed by atoms with Crippen molar-refractivity contribution in [1.29, 1.82) is 0 Å². The van der Waals surface area contributed by atoms with Crippen molar-refractivity contribution in [1.82, 2.24) is 5.32 Å². The van der Waals surface area contributed by atoms with Crippen LogP contribution < -0.4 is 16.4 Å². The minimum Gasteiger partial charge on any atom is -0.399 e. The predicted molar refractivity (Wildman–Crippen MR) is 88.5 cm³/mol. The first kappa shape index (κ1) is 15.7. The Labute approximate surface area is 127 Å². The Balaban J connectivity index is 1.94. The molecule has 4 N–H and O–H groups in total. The molecule has 1 amide bonds. The summed E-state index contributed by atoms with van der Waals surface area (Å²) in [6.07, 6.45) is 7.99. The fraction of sp³-hybridized carbons (Fsp3) is 0.588. The van der Waals surface area contributed by atoms with Gasteiger partial charge < -0.3 is 16.4 Å². The van der Waals surface area contributed by atoms with E-state index < -0.39 is 0 Å². The molecule has 0 saturated heterocycles. The number of rotatable bonds is 6. The number of amides is 1. The van der Waals surface area contributed by atoms with Crippen LogP contribution in [0.3, 0.4) is 0 Å². The molecule has 2 rings (SSSR count). The van der Waals surface area contributed by atoms with E-state index in [4.69, 9.17) is 5.73 Å². The summed E-state index contributed by atoms with van der Waals surface area (Å²) in [5.41, 5.74) is 8.05. The van der Waals surface area contributed by atoms with Gasteiger partial charge in [0.1, 0.15) is 0 Å². The zero-order valence-corrected chi connectivity index (χ0v) is 13.0. The third-order valence-electron chi connectivity index (χ3n) is 4.22. The van der Waals surface area contributed by atoms with E-state index in [0.717, 1.165) is 18.2 Å². The van der Waals surface area contributed by atoms with Gasteiger partial charge in [-0.05, 0) is 37.5 Å². The van der Waals surface area contributed by atoms with Crippen LogP contribution in [0, 0.1) is 5.92 Å². The number of nitrogens with one attached hydrogen (secondary N) is 2. The Hall–Kier alpha value is -1.71. The second-order valence-electron chi connectivity index (χ2n) is 5.88. The average Bonchev–Trinajstić information content (AvgIpc) is 2.49. The van der Waals surface area contributed by atoms with E-state index in [1.807, 2.05) is 13.0 Å². The Kier molecular flexibility index (Phi) is 5.90. The number of nitrogens with two attached hydrogens (primary N) is 1. The van der Waals surface area contributed by atoms with Crippen molar-refractivity contribution in [3.8, 4) is 0 Å². The standard InChI is InChI=1S/C17H27N3O/c1-2-19-17(21)15-9-8-14(18)12-16(15)20-11-10-13-6-4-3-5-7-13/h8-9,12-13,20H,2-7,10-11,18H2,1H3,(H,19,21). The highest BCUT2D eigenvalue weighted by Gasteiger charge is 2.14. The van der Waals surface area contributed by atoms with Crippen LogP contribution in [0.1, 0.15) is 55.8 Å². The van der Waals surface area contributed by atoms with Crippen molar-refractivity contribution in [2.75, 3.05) is 24.1 Å². The Morgan fingerprint density at radius 1 is 1.29 bits per heavy atom. The SMILES string of the molecule is CCNC(=O)c1ccc(N)cc1NCCC1CCCCC1. The van der Waals surface area contributed by atoms with Crippen LogP contribution in [0.2, 0.25) is 0 Å².